The lowest BCUT2D eigenvalue weighted by atomic mass is 10.1. The molecule has 3 atom stereocenters. The van der Waals surface area contributed by atoms with Crippen molar-refractivity contribution in [1.29, 1.82) is 0 Å². The molecule has 1 aliphatic heterocycles. The van der Waals surface area contributed by atoms with Crippen LogP contribution in [-0.4, -0.2) is 33.0 Å². The summed E-state index contributed by atoms with van der Waals surface area (Å²) in [6.07, 6.45) is -1.36. The molecule has 0 saturated heterocycles. The molecule has 4 nitrogen and oxygen atoms in total. The predicted octanol–water partition coefficient (Wildman–Crippen LogP) is 1.26. The van der Waals surface area contributed by atoms with Gasteiger partial charge < -0.3 is 20.1 Å². The number of thioether (sulfide) groups is 1. The molecule has 0 aliphatic carbocycles. The van der Waals surface area contributed by atoms with Crippen molar-refractivity contribution >= 4 is 11.8 Å². The van der Waals surface area contributed by atoms with Gasteiger partial charge in [0.1, 0.15) is 18.5 Å². The van der Waals surface area contributed by atoms with Crippen LogP contribution in [0.2, 0.25) is 0 Å². The van der Waals surface area contributed by atoms with Gasteiger partial charge >= 0.3 is 0 Å². The highest BCUT2D eigenvalue weighted by Crippen LogP contribution is 2.31. The van der Waals surface area contributed by atoms with Crippen LogP contribution in [0.25, 0.3) is 0 Å². The van der Waals surface area contributed by atoms with Gasteiger partial charge in [0.15, 0.2) is 11.2 Å². The minimum Gasteiger partial charge on any atom is -0.506 e. The summed E-state index contributed by atoms with van der Waals surface area (Å²) in [5, 5.41) is 28.3. The van der Waals surface area contributed by atoms with Crippen molar-refractivity contribution in [3.05, 3.63) is 42.4 Å². The average molecular weight is 240 g/mol. The Morgan fingerprint density at radius 1 is 1.12 bits per heavy atom. The molecule has 1 aromatic carbocycles. The third-order valence-electron chi connectivity index (χ3n) is 2.22. The van der Waals surface area contributed by atoms with Crippen molar-refractivity contribution in [1.82, 2.24) is 0 Å². The molecule has 16 heavy (non-hydrogen) atoms. The van der Waals surface area contributed by atoms with Crippen molar-refractivity contribution in [2.45, 2.75) is 22.5 Å². The van der Waals surface area contributed by atoms with E-state index in [0.29, 0.717) is 0 Å². The number of benzene rings is 1. The number of ether oxygens (including phenoxy) is 1. The predicted molar refractivity (Wildman–Crippen MR) is 59.9 cm³/mol. The highest BCUT2D eigenvalue weighted by molar-refractivity contribution is 7.99. The van der Waals surface area contributed by atoms with Crippen molar-refractivity contribution in [2.24, 2.45) is 0 Å². The van der Waals surface area contributed by atoms with Crippen LogP contribution >= 0.6 is 11.8 Å². The molecule has 0 amide bonds. The minimum absolute atomic E-state index is 0.350. The maximum atomic E-state index is 9.67. The molecule has 1 aromatic rings. The topological polar surface area (TPSA) is 69.9 Å². The van der Waals surface area contributed by atoms with Gasteiger partial charge in [-0.1, -0.05) is 30.0 Å². The van der Waals surface area contributed by atoms with E-state index >= 15 is 0 Å². The average Bonchev–Trinajstić information content (AvgIpc) is 2.31. The van der Waals surface area contributed by atoms with Crippen LogP contribution in [-0.2, 0) is 4.74 Å². The van der Waals surface area contributed by atoms with Gasteiger partial charge in [-0.25, -0.2) is 0 Å². The normalized spacial score (nSPS) is 29.4. The lowest BCUT2D eigenvalue weighted by Crippen LogP contribution is -2.40. The van der Waals surface area contributed by atoms with Gasteiger partial charge in [0.05, 0.1) is 0 Å². The van der Waals surface area contributed by atoms with E-state index in [0.717, 1.165) is 11.2 Å². The number of rotatable bonds is 2. The molecule has 0 bridgehead atoms. The third-order valence-corrected chi connectivity index (χ3v) is 3.39. The molecule has 86 valence electrons. The lowest BCUT2D eigenvalue weighted by Gasteiger charge is -2.29. The van der Waals surface area contributed by atoms with Crippen molar-refractivity contribution in [3.8, 4) is 0 Å². The molecule has 0 spiro atoms. The van der Waals surface area contributed by atoms with Crippen LogP contribution in [0.5, 0.6) is 0 Å². The molecule has 1 heterocycles. The standard InChI is InChI=1S/C11H12O4S/c12-8-6-15-11(10(14)9(8)13)16-7-4-2-1-3-5-7/h1-6,9-14H/t9?,10?,11-/m1/s1. The molecule has 5 heteroatoms. The first-order chi connectivity index (χ1) is 7.68. The summed E-state index contributed by atoms with van der Waals surface area (Å²) in [7, 11) is 0. The van der Waals surface area contributed by atoms with E-state index in [1.165, 1.54) is 11.8 Å². The van der Waals surface area contributed by atoms with Crippen LogP contribution in [0.4, 0.5) is 0 Å². The van der Waals surface area contributed by atoms with Gasteiger partial charge in [0.25, 0.3) is 0 Å². The first-order valence-corrected chi connectivity index (χ1v) is 5.69. The SMILES string of the molecule is OC1=CO[C@H](Sc2ccccc2)C(O)C1O. The van der Waals surface area contributed by atoms with Crippen molar-refractivity contribution in [2.75, 3.05) is 0 Å². The molecule has 0 aromatic heterocycles. The fourth-order valence-electron chi connectivity index (χ4n) is 1.34. The van der Waals surface area contributed by atoms with Crippen LogP contribution in [0, 0.1) is 0 Å². The fourth-order valence-corrected chi connectivity index (χ4v) is 2.32. The second-order valence-corrected chi connectivity index (χ2v) is 4.59. The van der Waals surface area contributed by atoms with Gasteiger partial charge in [0, 0.05) is 4.90 Å². The third kappa shape index (κ3) is 2.32. The van der Waals surface area contributed by atoms with Crippen LogP contribution in [0.3, 0.4) is 0 Å². The zero-order chi connectivity index (χ0) is 11.5. The minimum atomic E-state index is -1.28. The Balaban J connectivity index is 2.07. The van der Waals surface area contributed by atoms with Crippen LogP contribution in [0.15, 0.2) is 47.2 Å². The monoisotopic (exact) mass is 240 g/mol. The Kier molecular flexibility index (Phi) is 3.38. The van der Waals surface area contributed by atoms with E-state index in [1.807, 2.05) is 30.3 Å². The number of aliphatic hydroxyl groups excluding tert-OH is 3. The highest BCUT2D eigenvalue weighted by Gasteiger charge is 2.34. The van der Waals surface area contributed by atoms with Gasteiger partial charge in [-0.3, -0.25) is 0 Å². The molecule has 0 radical (unpaired) electrons. The highest BCUT2D eigenvalue weighted by atomic mass is 32.2. The summed E-state index contributed by atoms with van der Waals surface area (Å²) in [4.78, 5) is 0.925. The summed E-state index contributed by atoms with van der Waals surface area (Å²) in [6, 6.07) is 9.40. The second-order valence-electron chi connectivity index (χ2n) is 3.41. The summed E-state index contributed by atoms with van der Waals surface area (Å²) in [5.41, 5.74) is -0.617. The van der Waals surface area contributed by atoms with Crippen molar-refractivity contribution in [3.63, 3.8) is 0 Å². The Labute approximate surface area is 97.2 Å². The molecule has 0 fully saturated rings. The molecule has 2 unspecified atom stereocenters. The van der Waals surface area contributed by atoms with E-state index in [-0.39, 0.29) is 5.76 Å². The lowest BCUT2D eigenvalue weighted by molar-refractivity contribution is -0.0534. The van der Waals surface area contributed by atoms with Crippen LogP contribution in [0.1, 0.15) is 0 Å². The van der Waals surface area contributed by atoms with E-state index < -0.39 is 17.6 Å². The Bertz CT molecular complexity index is 379. The van der Waals surface area contributed by atoms with Crippen molar-refractivity contribution < 1.29 is 20.1 Å². The molecular weight excluding hydrogens is 228 g/mol. The number of aliphatic hydroxyl groups is 3. The summed E-state index contributed by atoms with van der Waals surface area (Å²) >= 11 is 1.29. The first kappa shape index (κ1) is 11.3. The van der Waals surface area contributed by atoms with Crippen LogP contribution < -0.4 is 0 Å². The maximum absolute atomic E-state index is 9.67. The zero-order valence-corrected chi connectivity index (χ0v) is 9.17. The van der Waals surface area contributed by atoms with Gasteiger partial charge in [-0.15, -0.1) is 0 Å². The Morgan fingerprint density at radius 3 is 2.50 bits per heavy atom. The van der Waals surface area contributed by atoms with E-state index in [4.69, 9.17) is 9.84 Å². The quantitative estimate of drug-likeness (QED) is 0.726. The second kappa shape index (κ2) is 4.78. The number of hydrogen-bond donors (Lipinski definition) is 3. The smallest absolute Gasteiger partial charge is 0.177 e. The molecule has 2 rings (SSSR count). The van der Waals surface area contributed by atoms with E-state index in [1.54, 1.807) is 0 Å². The maximum Gasteiger partial charge on any atom is 0.177 e. The molecular formula is C11H12O4S. The summed E-state index contributed by atoms with van der Waals surface area (Å²) in [6.45, 7) is 0. The summed E-state index contributed by atoms with van der Waals surface area (Å²) in [5.74, 6) is -0.350. The van der Waals surface area contributed by atoms with Gasteiger partial charge in [-0.05, 0) is 12.1 Å². The largest absolute Gasteiger partial charge is 0.506 e. The Hall–Kier alpha value is -1.17. The zero-order valence-electron chi connectivity index (χ0n) is 8.35. The molecule has 0 saturated carbocycles. The van der Waals surface area contributed by atoms with E-state index in [2.05, 4.69) is 0 Å². The number of hydrogen-bond acceptors (Lipinski definition) is 5. The first-order valence-electron chi connectivity index (χ1n) is 4.81. The molecule has 1 aliphatic rings. The van der Waals surface area contributed by atoms with Gasteiger partial charge in [0.2, 0.25) is 0 Å². The van der Waals surface area contributed by atoms with Gasteiger partial charge in [-0.2, -0.15) is 0 Å². The summed E-state index contributed by atoms with van der Waals surface area (Å²) < 4.78 is 5.12. The molecule has 3 N–H and O–H groups in total. The van der Waals surface area contributed by atoms with E-state index in [9.17, 15) is 10.2 Å². The Morgan fingerprint density at radius 2 is 1.81 bits per heavy atom. The fraction of sp³-hybridized carbons (Fsp3) is 0.273.